The Balaban J connectivity index is 0.000000751. The van der Waals surface area contributed by atoms with Crippen molar-refractivity contribution in [3.05, 3.63) is 189 Å². The van der Waals surface area contributed by atoms with Gasteiger partial charge in [0.1, 0.15) is 0 Å². The molecule has 0 saturated heterocycles. The summed E-state index contributed by atoms with van der Waals surface area (Å²) < 4.78 is 0. The van der Waals surface area contributed by atoms with Gasteiger partial charge in [-0.15, -0.1) is 0 Å². The first-order valence-corrected chi connectivity index (χ1v) is 19.4. The number of nitrogens with one attached hydrogen (secondary N) is 1. The topological polar surface area (TPSA) is 38.0 Å². The Morgan fingerprint density at radius 2 is 1.53 bits per heavy atom. The van der Waals surface area contributed by atoms with Crippen molar-refractivity contribution >= 4 is 24.0 Å². The van der Waals surface area contributed by atoms with Crippen molar-refractivity contribution < 1.29 is 0 Å². The minimum Gasteiger partial charge on any atom is -0.399 e. The molecule has 280 valence electrons. The molecule has 3 N–H and O–H groups in total. The molecule has 2 nitrogen and oxygen atoms in total. The van der Waals surface area contributed by atoms with Crippen LogP contribution in [0.5, 0.6) is 0 Å². The van der Waals surface area contributed by atoms with Crippen LogP contribution in [0.4, 0.5) is 11.4 Å². The van der Waals surface area contributed by atoms with Gasteiger partial charge in [-0.3, -0.25) is 0 Å². The molecule has 0 radical (unpaired) electrons. The molecule has 0 fully saturated rings. The molecule has 2 heteroatoms. The van der Waals surface area contributed by atoms with Crippen LogP contribution < -0.4 is 21.5 Å². The number of anilines is 2. The summed E-state index contributed by atoms with van der Waals surface area (Å²) in [6, 6.07) is 21.1. The molecule has 0 aliphatic rings. The van der Waals surface area contributed by atoms with Crippen molar-refractivity contribution in [2.45, 2.75) is 100.0 Å². The van der Waals surface area contributed by atoms with Crippen molar-refractivity contribution in [3.8, 4) is 0 Å². The number of unbranched alkanes of at least 4 members (excludes halogenated alkanes) is 1. The lowest BCUT2D eigenvalue weighted by atomic mass is 10.0. The highest BCUT2D eigenvalue weighted by Crippen LogP contribution is 2.18. The molecule has 0 spiro atoms. The fourth-order valence-electron chi connectivity index (χ4n) is 5.41. The van der Waals surface area contributed by atoms with Gasteiger partial charge in [0.25, 0.3) is 0 Å². The van der Waals surface area contributed by atoms with Gasteiger partial charge < -0.3 is 11.1 Å². The second-order valence-electron chi connectivity index (χ2n) is 13.6. The van der Waals surface area contributed by atoms with Gasteiger partial charge in [-0.1, -0.05) is 162 Å². The second-order valence-corrected chi connectivity index (χ2v) is 13.6. The normalized spacial score (nSPS) is 13.7. The van der Waals surface area contributed by atoms with Crippen LogP contribution in [-0.4, -0.2) is 6.04 Å². The van der Waals surface area contributed by atoms with Crippen LogP contribution in [0.2, 0.25) is 0 Å². The lowest BCUT2D eigenvalue weighted by Gasteiger charge is -2.16. The van der Waals surface area contributed by atoms with E-state index in [-0.39, 0.29) is 6.04 Å². The molecule has 3 aromatic carbocycles. The zero-order chi connectivity index (χ0) is 39.0. The van der Waals surface area contributed by atoms with E-state index in [1.165, 1.54) is 39.0 Å². The summed E-state index contributed by atoms with van der Waals surface area (Å²) in [6.45, 7) is 25.6. The minimum atomic E-state index is 0.161. The standard InChI is InChI=1S/C41H51N.C10H15N/c1-9-11-13-21-38(30-32(3)10-2)22-14-12-15-24-40(42-41-29-27-35(6)37(8)31-41)25-18-20-33(4)34(5)26-28-39-23-17-16-19-36(39)7;1-3-8-5-6-10(11)7-9(8)4-2/h12-23,25-31,40,42H,3,7,9-11,24H2,1-2,4-6,8H3;5-7H,3-4,11H2,1-2H3/b15-12-,21-13-,22-14+,25-18+,33-20-,34-26-,38-30+,39-28+;. The number of aryl methyl sites for hydroxylation is 4. The largest absolute Gasteiger partial charge is 0.399 e. The monoisotopic (exact) mass is 707 g/mol. The minimum absolute atomic E-state index is 0.161. The third kappa shape index (κ3) is 17.3. The first-order valence-electron chi connectivity index (χ1n) is 19.4. The Kier molecular flexibility index (Phi) is 20.8. The van der Waals surface area contributed by atoms with Crippen LogP contribution in [0.15, 0.2) is 156 Å². The molecule has 0 aliphatic heterocycles. The predicted molar refractivity (Wildman–Crippen MR) is 240 cm³/mol. The average Bonchev–Trinajstić information content (AvgIpc) is 3.15. The summed E-state index contributed by atoms with van der Waals surface area (Å²) >= 11 is 0. The number of hydrogen-bond acceptors (Lipinski definition) is 2. The third-order valence-electron chi connectivity index (χ3n) is 9.25. The maximum Gasteiger partial charge on any atom is 0.0482 e. The number of nitrogens with two attached hydrogens (primary N) is 1. The molecule has 0 bridgehead atoms. The van der Waals surface area contributed by atoms with Crippen LogP contribution in [0.25, 0.3) is 12.7 Å². The van der Waals surface area contributed by atoms with Gasteiger partial charge in [0.05, 0.1) is 0 Å². The number of nitrogen functional groups attached to an aromatic ring is 1. The molecule has 1 unspecified atom stereocenters. The summed E-state index contributed by atoms with van der Waals surface area (Å²) in [6.07, 6.45) is 32.4. The zero-order valence-corrected chi connectivity index (χ0v) is 34.0. The summed E-state index contributed by atoms with van der Waals surface area (Å²) in [5.74, 6) is 0. The van der Waals surface area contributed by atoms with E-state index in [1.54, 1.807) is 0 Å². The van der Waals surface area contributed by atoms with Crippen LogP contribution >= 0.6 is 0 Å². The van der Waals surface area contributed by atoms with Gasteiger partial charge in [-0.05, 0) is 133 Å². The summed E-state index contributed by atoms with van der Waals surface area (Å²) in [5, 5.41) is 5.90. The summed E-state index contributed by atoms with van der Waals surface area (Å²) in [7, 11) is 0. The SMILES string of the molecule is C=C(/C=C(\C=C/CCC)/C=C/C=C\CC(/C=C/C=C(C)\C(C)=C/C=c1\ccccc1=C)Nc1ccc(C)c(C)c1)CC.CCc1ccc(N)cc1CC. The first kappa shape index (κ1) is 44.1. The van der Waals surface area contributed by atoms with E-state index in [9.17, 15) is 0 Å². The molecular weight excluding hydrogens is 641 g/mol. The van der Waals surface area contributed by atoms with Crippen LogP contribution in [-0.2, 0) is 12.8 Å². The highest BCUT2D eigenvalue weighted by Gasteiger charge is 2.04. The van der Waals surface area contributed by atoms with E-state index in [0.717, 1.165) is 65.9 Å². The smallest absolute Gasteiger partial charge is 0.0482 e. The van der Waals surface area contributed by atoms with Crippen molar-refractivity contribution in [3.63, 3.8) is 0 Å². The van der Waals surface area contributed by atoms with Gasteiger partial charge in [-0.2, -0.15) is 0 Å². The fraction of sp³-hybridized carbons (Fsp3) is 0.294. The molecule has 0 aromatic heterocycles. The van der Waals surface area contributed by atoms with E-state index in [4.69, 9.17) is 5.73 Å². The maximum atomic E-state index is 5.66. The van der Waals surface area contributed by atoms with E-state index in [2.05, 4.69) is 183 Å². The average molecular weight is 707 g/mol. The fourth-order valence-corrected chi connectivity index (χ4v) is 5.41. The van der Waals surface area contributed by atoms with Gasteiger partial charge in [0.2, 0.25) is 0 Å². The maximum absolute atomic E-state index is 5.66. The molecule has 0 aliphatic carbocycles. The second kappa shape index (κ2) is 25.0. The Labute approximate surface area is 323 Å². The van der Waals surface area contributed by atoms with Crippen molar-refractivity contribution in [2.75, 3.05) is 11.1 Å². The molecule has 0 saturated carbocycles. The molecule has 53 heavy (non-hydrogen) atoms. The lowest BCUT2D eigenvalue weighted by Crippen LogP contribution is -2.21. The third-order valence-corrected chi connectivity index (χ3v) is 9.25. The van der Waals surface area contributed by atoms with Crippen molar-refractivity contribution in [1.82, 2.24) is 0 Å². The number of benzene rings is 3. The Morgan fingerprint density at radius 3 is 2.21 bits per heavy atom. The lowest BCUT2D eigenvalue weighted by molar-refractivity contribution is 0.892. The van der Waals surface area contributed by atoms with Gasteiger partial charge in [0, 0.05) is 17.4 Å². The molecule has 0 heterocycles. The Bertz CT molecular complexity index is 1920. The molecule has 3 rings (SSSR count). The van der Waals surface area contributed by atoms with Gasteiger partial charge in [0.15, 0.2) is 0 Å². The zero-order valence-electron chi connectivity index (χ0n) is 34.0. The van der Waals surface area contributed by atoms with E-state index < -0.39 is 0 Å². The quantitative estimate of drug-likeness (QED) is 0.108. The van der Waals surface area contributed by atoms with Gasteiger partial charge in [-0.25, -0.2) is 0 Å². The van der Waals surface area contributed by atoms with E-state index >= 15 is 0 Å². The Morgan fingerprint density at radius 1 is 0.792 bits per heavy atom. The van der Waals surface area contributed by atoms with E-state index in [1.807, 2.05) is 24.3 Å². The van der Waals surface area contributed by atoms with E-state index in [0.29, 0.717) is 0 Å². The predicted octanol–water partition coefficient (Wildman–Crippen LogP) is 12.6. The highest BCUT2D eigenvalue weighted by molar-refractivity contribution is 5.50. The van der Waals surface area contributed by atoms with Gasteiger partial charge >= 0.3 is 0 Å². The molecular formula is C51H66N2. The molecule has 0 amide bonds. The molecule has 3 aromatic rings. The Hall–Kier alpha value is -5.08. The van der Waals surface area contributed by atoms with Crippen molar-refractivity contribution in [2.24, 2.45) is 0 Å². The van der Waals surface area contributed by atoms with Crippen LogP contribution in [0.3, 0.4) is 0 Å². The molecule has 1 atom stereocenters. The summed E-state index contributed by atoms with van der Waals surface area (Å²) in [4.78, 5) is 0. The van der Waals surface area contributed by atoms with Crippen LogP contribution in [0, 0.1) is 13.8 Å². The number of allylic oxidation sites excluding steroid dienone is 13. The first-order chi connectivity index (χ1) is 25.5. The van der Waals surface area contributed by atoms with Crippen LogP contribution in [0.1, 0.15) is 89.5 Å². The highest BCUT2D eigenvalue weighted by atomic mass is 14.9. The number of hydrogen-bond donors (Lipinski definition) is 2. The summed E-state index contributed by atoms with van der Waals surface area (Å²) in [5.41, 5.74) is 17.9. The van der Waals surface area contributed by atoms with Crippen molar-refractivity contribution in [1.29, 1.82) is 0 Å². The number of rotatable bonds is 17.